The molecular weight excluding hydrogens is 1120 g/mol. The van der Waals surface area contributed by atoms with Gasteiger partial charge in [-0.25, -0.2) is 18.4 Å². The SMILES string of the molecule is C[C@@H]1COCCN1c1cc(C2(S(=O)(=O)C3CC3)CCOCC2)nc(-c2cccc3[nH]ccc23)n1.[Cl][Pd][Cl].c1ccc(P(c2ccccc2)c2ccccc2)cc1.c1ccc(P(c2ccccc2)c2ccccc2)cc1. The summed E-state index contributed by atoms with van der Waals surface area (Å²) >= 11 is -0.106. The van der Waals surface area contributed by atoms with E-state index in [-0.39, 0.29) is 27.2 Å². The zero-order chi connectivity index (χ0) is 51.9. The average molecular weight is 1180 g/mol. The van der Waals surface area contributed by atoms with Crippen molar-refractivity contribution in [2.45, 2.75) is 48.6 Å². The van der Waals surface area contributed by atoms with Crippen molar-refractivity contribution in [2.24, 2.45) is 0 Å². The fourth-order valence-corrected chi connectivity index (χ4v) is 16.9. The molecule has 2 aliphatic heterocycles. The number of fused-ring (bicyclic) bond motifs is 1. The van der Waals surface area contributed by atoms with Crippen LogP contribution in [0.5, 0.6) is 0 Å². The Bertz CT molecular complexity index is 2970. The number of sulfone groups is 1. The van der Waals surface area contributed by atoms with Crippen LogP contribution >= 0.6 is 34.9 Å². The van der Waals surface area contributed by atoms with Crippen LogP contribution in [0.15, 0.2) is 219 Å². The van der Waals surface area contributed by atoms with Gasteiger partial charge in [0.25, 0.3) is 0 Å². The van der Waals surface area contributed by atoms with Crippen molar-refractivity contribution < 1.29 is 33.8 Å². The van der Waals surface area contributed by atoms with Gasteiger partial charge in [-0.3, -0.25) is 0 Å². The number of rotatable bonds is 11. The minimum atomic E-state index is -3.41. The number of nitrogens with zero attached hydrogens (tertiary/aromatic N) is 3. The second-order valence-corrected chi connectivity index (χ2v) is 27.7. The molecule has 0 radical (unpaired) electrons. The van der Waals surface area contributed by atoms with E-state index in [9.17, 15) is 8.42 Å². The first-order chi connectivity index (χ1) is 36.8. The Labute approximate surface area is 460 Å². The smallest absolute Gasteiger partial charge is 0.0134 e. The van der Waals surface area contributed by atoms with E-state index in [0.29, 0.717) is 57.3 Å². The van der Waals surface area contributed by atoms with Crippen LogP contribution in [0.3, 0.4) is 0 Å². The fourth-order valence-electron chi connectivity index (χ4n) is 9.73. The van der Waals surface area contributed by atoms with Crippen LogP contribution in [-0.2, 0) is 40.0 Å². The number of morpholine rings is 1. The van der Waals surface area contributed by atoms with Crippen molar-refractivity contribution in [1.29, 1.82) is 0 Å². The van der Waals surface area contributed by atoms with Crippen molar-refractivity contribution in [3.63, 3.8) is 0 Å². The fraction of sp³-hybridized carbons (Fsp3) is 0.213. The van der Waals surface area contributed by atoms with Gasteiger partial charge in [-0.05, 0) is 92.4 Å². The first kappa shape index (κ1) is 54.7. The molecule has 1 aliphatic carbocycles. The minimum absolute atomic E-state index is 0.106. The molecule has 12 rings (SSSR count). The molecule has 7 aromatic carbocycles. The standard InChI is InChI=1S/C25H30N4O4S.2C18H15P.2ClH.Pd/c1-17-16-33-14-11-29(17)23-15-22(25(8-12-32-13-9-25)34(30,31)18-5-6-18)27-24(28-23)20-3-2-4-21-19(20)7-10-26-21;2*1-4-10-16(11-5-1)19(17-12-6-2-7-13-17)18-14-8-3-9-15-18;;;/h2-4,7,10,15,17-18,26H,5-6,8-9,11-14,16H2,1H3;2*1-15H;2*1H;/q;;;;;+2/p-2/t17-;;;;;/m1...../s1. The molecule has 9 aromatic rings. The van der Waals surface area contributed by atoms with E-state index in [0.717, 1.165) is 35.1 Å². The second kappa shape index (κ2) is 26.8. The maximum absolute atomic E-state index is 13.9. The van der Waals surface area contributed by atoms with E-state index in [1.165, 1.54) is 31.8 Å². The van der Waals surface area contributed by atoms with Gasteiger partial charge in [0.1, 0.15) is 10.6 Å². The number of nitrogens with one attached hydrogen (secondary N) is 1. The zero-order valence-corrected chi connectivity index (χ0v) is 47.3. The van der Waals surface area contributed by atoms with Crippen LogP contribution in [0, 0.1) is 0 Å². The average Bonchev–Trinajstić information content (AvgIpc) is 4.26. The van der Waals surface area contributed by atoms with Crippen LogP contribution in [0.25, 0.3) is 22.3 Å². The molecular formula is C61H60Cl2N4O4P2PdS. The topological polar surface area (TPSA) is 97.4 Å². The van der Waals surface area contributed by atoms with Gasteiger partial charge < -0.3 is 19.4 Å². The van der Waals surface area contributed by atoms with Crippen molar-refractivity contribution in [1.82, 2.24) is 15.0 Å². The van der Waals surface area contributed by atoms with E-state index in [2.05, 4.69) is 199 Å². The first-order valence-corrected chi connectivity index (χ1v) is 33.4. The summed E-state index contributed by atoms with van der Waals surface area (Å²) in [7, 11) is 5.32. The van der Waals surface area contributed by atoms with Crippen molar-refractivity contribution >= 4 is 93.3 Å². The predicted octanol–water partition coefficient (Wildman–Crippen LogP) is 11.7. The summed E-state index contributed by atoms with van der Waals surface area (Å²) in [5, 5.41) is 9.13. The number of aromatic nitrogens is 3. The van der Waals surface area contributed by atoms with Gasteiger partial charge in [0, 0.05) is 48.5 Å². The molecule has 0 unspecified atom stereocenters. The Kier molecular flexibility index (Phi) is 19.6. The van der Waals surface area contributed by atoms with Crippen LogP contribution in [0.4, 0.5) is 5.82 Å². The Balaban J connectivity index is 0.000000144. The van der Waals surface area contributed by atoms with Gasteiger partial charge in [0.2, 0.25) is 0 Å². The van der Waals surface area contributed by atoms with Crippen molar-refractivity contribution in [2.75, 3.05) is 37.9 Å². The van der Waals surface area contributed by atoms with Crippen molar-refractivity contribution in [3.8, 4) is 11.4 Å². The third-order valence-electron chi connectivity index (χ3n) is 13.6. The monoisotopic (exact) mass is 1180 g/mol. The molecule has 0 bridgehead atoms. The number of ether oxygens (including phenoxy) is 2. The van der Waals surface area contributed by atoms with Gasteiger partial charge in [0.05, 0.1) is 30.2 Å². The normalized spacial score (nSPS) is 16.2. The Morgan fingerprint density at radius 3 is 1.44 bits per heavy atom. The first-order valence-electron chi connectivity index (χ1n) is 25.2. The summed E-state index contributed by atoms with van der Waals surface area (Å²) in [5.41, 5.74) is 2.50. The van der Waals surface area contributed by atoms with Crippen LogP contribution in [-0.4, -0.2) is 67.6 Å². The summed E-state index contributed by atoms with van der Waals surface area (Å²) in [6, 6.07) is 74.7. The molecule has 4 heterocycles. The van der Waals surface area contributed by atoms with Gasteiger partial charge >= 0.3 is 35.0 Å². The molecule has 1 saturated carbocycles. The van der Waals surface area contributed by atoms with E-state index in [1.807, 2.05) is 36.5 Å². The van der Waals surface area contributed by atoms with Crippen LogP contribution in [0.1, 0.15) is 38.3 Å². The summed E-state index contributed by atoms with van der Waals surface area (Å²) in [6.07, 6.45) is 4.22. The third-order valence-corrected chi connectivity index (χ3v) is 21.5. The molecule has 75 heavy (non-hydrogen) atoms. The van der Waals surface area contributed by atoms with E-state index in [1.54, 1.807) is 0 Å². The van der Waals surface area contributed by atoms with Crippen LogP contribution in [0.2, 0.25) is 0 Å². The Morgan fingerprint density at radius 2 is 1.03 bits per heavy atom. The summed E-state index contributed by atoms with van der Waals surface area (Å²) < 4.78 is 38.0. The quantitative estimate of drug-likeness (QED) is 0.102. The van der Waals surface area contributed by atoms with Crippen LogP contribution < -0.4 is 36.7 Å². The molecule has 3 fully saturated rings. The predicted molar refractivity (Wildman–Crippen MR) is 313 cm³/mol. The maximum atomic E-state index is 13.9. The molecule has 2 aromatic heterocycles. The van der Waals surface area contributed by atoms with Gasteiger partial charge in [-0.15, -0.1) is 0 Å². The number of anilines is 1. The Morgan fingerprint density at radius 1 is 0.587 bits per heavy atom. The van der Waals surface area contributed by atoms with E-state index < -0.39 is 30.4 Å². The number of hydrogen-bond donors (Lipinski definition) is 1. The zero-order valence-electron chi connectivity index (χ0n) is 41.7. The molecule has 0 spiro atoms. The van der Waals surface area contributed by atoms with Gasteiger partial charge in [-0.1, -0.05) is 194 Å². The van der Waals surface area contributed by atoms with Gasteiger partial charge in [-0.2, -0.15) is 0 Å². The second-order valence-electron chi connectivity index (χ2n) is 18.4. The Hall–Kier alpha value is -5.07. The van der Waals surface area contributed by atoms with E-state index in [4.69, 9.17) is 38.5 Å². The molecule has 14 heteroatoms. The summed E-state index contributed by atoms with van der Waals surface area (Å²) in [4.78, 5) is 15.5. The minimum Gasteiger partial charge on any atom is -0.0622 e. The van der Waals surface area contributed by atoms with E-state index >= 15 is 0 Å². The number of H-pyrrole nitrogens is 1. The van der Waals surface area contributed by atoms with Gasteiger partial charge in [0.15, 0.2) is 15.7 Å². The molecule has 1 N–H and O–H groups in total. The molecule has 8 nitrogen and oxygen atoms in total. The number of halogens is 2. The third kappa shape index (κ3) is 13.4. The molecule has 2 saturated heterocycles. The number of hydrogen-bond acceptors (Lipinski definition) is 7. The molecule has 3 aliphatic rings. The largest absolute Gasteiger partial charge is 0.0622 e. The number of aromatic amines is 1. The molecule has 0 amide bonds. The summed E-state index contributed by atoms with van der Waals surface area (Å²) in [6.45, 7) is 4.88. The number of benzene rings is 7. The maximum Gasteiger partial charge on any atom is -0.0134 e. The molecule has 1 atom stereocenters. The van der Waals surface area contributed by atoms with Crippen molar-refractivity contribution in [3.05, 3.63) is 224 Å². The summed E-state index contributed by atoms with van der Waals surface area (Å²) in [5.74, 6) is 1.33. The molecule has 388 valence electrons.